The number of rotatable bonds is 4. The molecule has 2 N–H and O–H groups in total. The Morgan fingerprint density at radius 2 is 2.25 bits per heavy atom. The van der Waals surface area contributed by atoms with Gasteiger partial charge in [0.1, 0.15) is 0 Å². The Bertz CT molecular complexity index is 206. The van der Waals surface area contributed by atoms with E-state index in [1.54, 1.807) is 11.3 Å². The van der Waals surface area contributed by atoms with Crippen LogP contribution in [-0.4, -0.2) is 4.98 Å². The number of hydrogen-bond acceptors (Lipinski definition) is 3. The van der Waals surface area contributed by atoms with Gasteiger partial charge in [-0.05, 0) is 18.8 Å². The Hall–Kier alpha value is -0.410. The molecule has 0 aromatic carbocycles. The fourth-order valence-electron chi connectivity index (χ4n) is 1.06. The van der Waals surface area contributed by atoms with E-state index < -0.39 is 0 Å². The monoisotopic (exact) mass is 184 g/mol. The first-order valence-electron chi connectivity index (χ1n) is 4.34. The number of nitrogens with zero attached hydrogens (tertiary/aromatic N) is 1. The van der Waals surface area contributed by atoms with Gasteiger partial charge in [0.2, 0.25) is 0 Å². The zero-order chi connectivity index (χ0) is 8.97. The van der Waals surface area contributed by atoms with Crippen LogP contribution in [0.4, 0.5) is 0 Å². The van der Waals surface area contributed by atoms with Crippen molar-refractivity contribution < 1.29 is 0 Å². The molecule has 1 aromatic heterocycles. The molecule has 1 aromatic rings. The summed E-state index contributed by atoms with van der Waals surface area (Å²) in [5.74, 6) is 0.740. The van der Waals surface area contributed by atoms with Crippen LogP contribution < -0.4 is 5.73 Å². The predicted octanol–water partition coefficient (Wildman–Crippen LogP) is 2.58. The van der Waals surface area contributed by atoms with Crippen LogP contribution in [0.2, 0.25) is 0 Å². The highest BCUT2D eigenvalue weighted by molar-refractivity contribution is 7.09. The molecule has 0 spiro atoms. The largest absolute Gasteiger partial charge is 0.323 e. The molecule has 0 amide bonds. The normalized spacial score (nSPS) is 13.7. The summed E-state index contributed by atoms with van der Waals surface area (Å²) in [6.07, 6.45) is 4.13. The maximum absolute atomic E-state index is 5.96. The van der Waals surface area contributed by atoms with Crippen molar-refractivity contribution in [2.75, 3.05) is 0 Å². The highest BCUT2D eigenvalue weighted by Gasteiger charge is 2.07. The molecule has 0 aliphatic heterocycles. The molecule has 0 radical (unpaired) electrons. The maximum atomic E-state index is 5.96. The summed E-state index contributed by atoms with van der Waals surface area (Å²) >= 11 is 1.65. The van der Waals surface area contributed by atoms with Gasteiger partial charge in [-0.25, -0.2) is 0 Å². The fraction of sp³-hybridized carbons (Fsp3) is 0.667. The van der Waals surface area contributed by atoms with E-state index >= 15 is 0 Å². The third kappa shape index (κ3) is 2.91. The Morgan fingerprint density at radius 1 is 1.50 bits per heavy atom. The highest BCUT2D eigenvalue weighted by Crippen LogP contribution is 2.20. The van der Waals surface area contributed by atoms with E-state index in [0.29, 0.717) is 0 Å². The van der Waals surface area contributed by atoms with Gasteiger partial charge in [0, 0.05) is 17.1 Å². The Labute approximate surface area is 77.8 Å². The van der Waals surface area contributed by atoms with Gasteiger partial charge in [-0.1, -0.05) is 13.8 Å². The second kappa shape index (κ2) is 4.58. The topological polar surface area (TPSA) is 38.9 Å². The smallest absolute Gasteiger partial charge is 0.0794 e. The highest BCUT2D eigenvalue weighted by atomic mass is 32.1. The number of nitrogens with two attached hydrogens (primary N) is 1. The second-order valence-corrected chi connectivity index (χ2v) is 4.40. The van der Waals surface area contributed by atoms with Crippen molar-refractivity contribution in [2.24, 2.45) is 11.7 Å². The standard InChI is InChI=1S/C9H16N2S/c1-7(2)3-4-8(10)9-5-11-6-12-9/h5-8H,3-4,10H2,1-2H3. The van der Waals surface area contributed by atoms with Crippen molar-refractivity contribution >= 4 is 11.3 Å². The summed E-state index contributed by atoms with van der Waals surface area (Å²) in [5.41, 5.74) is 7.80. The summed E-state index contributed by atoms with van der Waals surface area (Å²) in [5, 5.41) is 0. The average molecular weight is 184 g/mol. The molecule has 0 aliphatic rings. The first kappa shape index (κ1) is 9.68. The molecule has 1 rings (SSSR count). The van der Waals surface area contributed by atoms with E-state index in [9.17, 15) is 0 Å². The van der Waals surface area contributed by atoms with Crippen LogP contribution in [0.1, 0.15) is 37.6 Å². The van der Waals surface area contributed by atoms with Crippen LogP contribution in [0.5, 0.6) is 0 Å². The molecular formula is C9H16N2S. The van der Waals surface area contributed by atoms with E-state index in [0.717, 1.165) is 12.3 Å². The predicted molar refractivity (Wildman–Crippen MR) is 53.1 cm³/mol. The molecule has 68 valence electrons. The number of thiazole rings is 1. The number of aromatic nitrogens is 1. The van der Waals surface area contributed by atoms with Gasteiger partial charge in [0.15, 0.2) is 0 Å². The maximum Gasteiger partial charge on any atom is 0.0794 e. The van der Waals surface area contributed by atoms with Gasteiger partial charge >= 0.3 is 0 Å². The molecule has 0 saturated carbocycles. The summed E-state index contributed by atoms with van der Waals surface area (Å²) in [6, 6.07) is 0.194. The molecule has 0 aliphatic carbocycles. The molecule has 2 nitrogen and oxygen atoms in total. The lowest BCUT2D eigenvalue weighted by Crippen LogP contribution is -2.09. The van der Waals surface area contributed by atoms with Crippen molar-refractivity contribution in [2.45, 2.75) is 32.7 Å². The Balaban J connectivity index is 2.34. The molecule has 1 heterocycles. The first-order valence-corrected chi connectivity index (χ1v) is 5.22. The SMILES string of the molecule is CC(C)CCC(N)c1cncs1. The van der Waals surface area contributed by atoms with E-state index in [-0.39, 0.29) is 6.04 Å². The van der Waals surface area contributed by atoms with Crippen molar-refractivity contribution in [3.05, 3.63) is 16.6 Å². The van der Waals surface area contributed by atoms with Crippen LogP contribution in [0.25, 0.3) is 0 Å². The van der Waals surface area contributed by atoms with Gasteiger partial charge in [0.25, 0.3) is 0 Å². The quantitative estimate of drug-likeness (QED) is 0.781. The van der Waals surface area contributed by atoms with Gasteiger partial charge in [-0.2, -0.15) is 0 Å². The minimum Gasteiger partial charge on any atom is -0.323 e. The lowest BCUT2D eigenvalue weighted by Gasteiger charge is -2.10. The van der Waals surface area contributed by atoms with E-state index in [1.165, 1.54) is 11.3 Å². The minimum absolute atomic E-state index is 0.194. The van der Waals surface area contributed by atoms with Gasteiger partial charge in [0.05, 0.1) is 5.51 Å². The van der Waals surface area contributed by atoms with Crippen molar-refractivity contribution in [3.8, 4) is 0 Å². The molecule has 0 fully saturated rings. The van der Waals surface area contributed by atoms with Crippen LogP contribution >= 0.6 is 11.3 Å². The lowest BCUT2D eigenvalue weighted by atomic mass is 10.0. The summed E-state index contributed by atoms with van der Waals surface area (Å²) in [4.78, 5) is 5.21. The molecule has 3 heteroatoms. The van der Waals surface area contributed by atoms with Crippen molar-refractivity contribution in [1.29, 1.82) is 0 Å². The van der Waals surface area contributed by atoms with Crippen molar-refractivity contribution in [1.82, 2.24) is 4.98 Å². The van der Waals surface area contributed by atoms with Gasteiger partial charge in [-0.15, -0.1) is 11.3 Å². The zero-order valence-corrected chi connectivity index (χ0v) is 8.47. The first-order chi connectivity index (χ1) is 5.70. The minimum atomic E-state index is 0.194. The molecular weight excluding hydrogens is 168 g/mol. The molecule has 1 atom stereocenters. The summed E-state index contributed by atoms with van der Waals surface area (Å²) in [6.45, 7) is 4.44. The summed E-state index contributed by atoms with van der Waals surface area (Å²) in [7, 11) is 0. The average Bonchev–Trinajstić information content (AvgIpc) is 2.51. The van der Waals surface area contributed by atoms with Gasteiger partial charge < -0.3 is 5.73 Å². The van der Waals surface area contributed by atoms with Crippen molar-refractivity contribution in [3.63, 3.8) is 0 Å². The molecule has 0 bridgehead atoms. The third-order valence-electron chi connectivity index (χ3n) is 1.87. The third-order valence-corrected chi connectivity index (χ3v) is 2.78. The summed E-state index contributed by atoms with van der Waals surface area (Å²) < 4.78 is 0. The van der Waals surface area contributed by atoms with E-state index in [4.69, 9.17) is 5.73 Å². The van der Waals surface area contributed by atoms with Gasteiger partial charge in [-0.3, -0.25) is 4.98 Å². The van der Waals surface area contributed by atoms with E-state index in [2.05, 4.69) is 18.8 Å². The van der Waals surface area contributed by atoms with E-state index in [1.807, 2.05) is 11.7 Å². The zero-order valence-electron chi connectivity index (χ0n) is 7.66. The Kier molecular flexibility index (Phi) is 3.69. The van der Waals surface area contributed by atoms with Crippen LogP contribution in [-0.2, 0) is 0 Å². The fourth-order valence-corrected chi connectivity index (χ4v) is 1.72. The molecule has 0 saturated heterocycles. The van der Waals surface area contributed by atoms with Crippen LogP contribution in [0.15, 0.2) is 11.7 Å². The number of hydrogen-bond donors (Lipinski definition) is 1. The molecule has 1 unspecified atom stereocenters. The molecule has 12 heavy (non-hydrogen) atoms. The Morgan fingerprint density at radius 3 is 2.75 bits per heavy atom. The van der Waals surface area contributed by atoms with Crippen LogP contribution in [0.3, 0.4) is 0 Å². The second-order valence-electron chi connectivity index (χ2n) is 3.48. The lowest BCUT2D eigenvalue weighted by molar-refractivity contribution is 0.510. The van der Waals surface area contributed by atoms with Crippen LogP contribution in [0, 0.1) is 5.92 Å².